The van der Waals surface area contributed by atoms with Crippen molar-refractivity contribution >= 4 is 65.7 Å². The molecule has 6 nitrogen and oxygen atoms in total. The van der Waals surface area contributed by atoms with Gasteiger partial charge in [-0.25, -0.2) is 15.0 Å². The van der Waals surface area contributed by atoms with Gasteiger partial charge in [0.1, 0.15) is 22.3 Å². The van der Waals surface area contributed by atoms with Gasteiger partial charge in [-0.2, -0.15) is 0 Å². The summed E-state index contributed by atoms with van der Waals surface area (Å²) in [4.78, 5) is 15.2. The first kappa shape index (κ1) is 31.5. The highest BCUT2D eigenvalue weighted by atomic mass is 16.3. The quantitative estimate of drug-likeness (QED) is 0.176. The van der Waals surface area contributed by atoms with Gasteiger partial charge in [-0.05, 0) is 77.9 Å². The fraction of sp³-hybridized carbons (Fsp3) is 0. The van der Waals surface area contributed by atoms with E-state index in [1.807, 2.05) is 72.8 Å². The zero-order valence-electron chi connectivity index (χ0n) is 30.4. The molecule has 0 atom stereocenters. The molecule has 12 aromatic rings. The molecule has 0 aliphatic rings. The molecule has 4 heterocycles. The molecule has 0 aliphatic carbocycles. The van der Waals surface area contributed by atoms with Gasteiger partial charge in [0, 0.05) is 54.7 Å². The summed E-state index contributed by atoms with van der Waals surface area (Å²) in [6.07, 6.45) is 0. The monoisotopic (exact) mass is 730 g/mol. The lowest BCUT2D eigenvalue weighted by Gasteiger charge is -2.09. The Morgan fingerprint density at radius 1 is 0.333 bits per heavy atom. The maximum atomic E-state index is 6.58. The minimum absolute atomic E-state index is 0.581. The molecule has 0 saturated heterocycles. The summed E-state index contributed by atoms with van der Waals surface area (Å²) in [6, 6.07) is 62.7. The Morgan fingerprint density at radius 2 is 0.965 bits per heavy atom. The summed E-state index contributed by atoms with van der Waals surface area (Å²) >= 11 is 0. The fourth-order valence-corrected chi connectivity index (χ4v) is 8.50. The number of para-hydroxylation sites is 3. The van der Waals surface area contributed by atoms with Crippen molar-refractivity contribution in [2.75, 3.05) is 0 Å². The highest BCUT2D eigenvalue weighted by Gasteiger charge is 2.20. The van der Waals surface area contributed by atoms with E-state index in [4.69, 9.17) is 23.8 Å². The van der Waals surface area contributed by atoms with Crippen LogP contribution in [0.1, 0.15) is 0 Å². The number of furan rings is 2. The Morgan fingerprint density at radius 3 is 1.84 bits per heavy atom. The van der Waals surface area contributed by atoms with Gasteiger partial charge in [0.05, 0.1) is 11.0 Å². The molecule has 0 spiro atoms. The van der Waals surface area contributed by atoms with E-state index in [1.165, 1.54) is 16.3 Å². The van der Waals surface area contributed by atoms with Crippen LogP contribution in [0.3, 0.4) is 0 Å². The smallest absolute Gasteiger partial charge is 0.164 e. The van der Waals surface area contributed by atoms with E-state index >= 15 is 0 Å². The maximum absolute atomic E-state index is 6.58. The highest BCUT2D eigenvalue weighted by Crippen LogP contribution is 2.41. The van der Waals surface area contributed by atoms with E-state index in [1.54, 1.807) is 0 Å². The molecule has 0 N–H and O–H groups in total. The lowest BCUT2D eigenvalue weighted by atomic mass is 9.98. The first-order valence-electron chi connectivity index (χ1n) is 19.0. The molecule has 57 heavy (non-hydrogen) atoms. The molecular weight excluding hydrogens is 701 g/mol. The number of rotatable bonds is 5. The normalized spacial score (nSPS) is 11.9. The van der Waals surface area contributed by atoms with Crippen molar-refractivity contribution in [1.82, 2.24) is 19.5 Å². The number of hydrogen-bond acceptors (Lipinski definition) is 5. The van der Waals surface area contributed by atoms with Crippen LogP contribution in [0.25, 0.3) is 117 Å². The number of benzene rings is 8. The van der Waals surface area contributed by atoms with Crippen LogP contribution >= 0.6 is 0 Å². The van der Waals surface area contributed by atoms with Gasteiger partial charge in [-0.1, -0.05) is 115 Å². The Bertz CT molecular complexity index is 3530. The molecule has 0 bridgehead atoms. The van der Waals surface area contributed by atoms with Crippen molar-refractivity contribution in [3.8, 4) is 51.0 Å². The SMILES string of the molecule is c1ccc(-c2nc(-c3ccc4oc5cc(-c6cccc7c6c6ccccc6n7-c6ccccc6)ccc5c4c3)nc(-c3cccc4oc5ccccc5c34)n2)cc1. The molecule has 0 unspecified atom stereocenters. The third-order valence-electron chi connectivity index (χ3n) is 11.1. The Labute approximate surface area is 325 Å². The van der Waals surface area contributed by atoms with Crippen LogP contribution in [-0.2, 0) is 0 Å². The third kappa shape index (κ3) is 4.94. The van der Waals surface area contributed by atoms with Crippen molar-refractivity contribution in [2.24, 2.45) is 0 Å². The maximum Gasteiger partial charge on any atom is 0.164 e. The molecule has 266 valence electrons. The average molecular weight is 731 g/mol. The van der Waals surface area contributed by atoms with Gasteiger partial charge in [-0.3, -0.25) is 0 Å². The fourth-order valence-electron chi connectivity index (χ4n) is 8.50. The molecule has 0 fully saturated rings. The zero-order valence-corrected chi connectivity index (χ0v) is 30.4. The predicted octanol–water partition coefficient (Wildman–Crippen LogP) is 13.4. The lowest BCUT2D eigenvalue weighted by Crippen LogP contribution is -2.00. The topological polar surface area (TPSA) is 69.9 Å². The van der Waals surface area contributed by atoms with E-state index in [0.717, 1.165) is 82.9 Å². The number of aromatic nitrogens is 4. The third-order valence-corrected chi connectivity index (χ3v) is 11.1. The summed E-state index contributed by atoms with van der Waals surface area (Å²) < 4.78 is 15.2. The first-order chi connectivity index (χ1) is 28.2. The van der Waals surface area contributed by atoms with Crippen LogP contribution in [0.15, 0.2) is 191 Å². The van der Waals surface area contributed by atoms with Crippen LogP contribution in [0, 0.1) is 0 Å². The summed E-state index contributed by atoms with van der Waals surface area (Å²) in [5, 5.41) is 6.46. The molecule has 8 aromatic carbocycles. The second-order valence-corrected chi connectivity index (χ2v) is 14.4. The van der Waals surface area contributed by atoms with Crippen molar-refractivity contribution in [1.29, 1.82) is 0 Å². The van der Waals surface area contributed by atoms with E-state index in [0.29, 0.717) is 17.5 Å². The Kier molecular flexibility index (Phi) is 6.83. The summed E-state index contributed by atoms with van der Waals surface area (Å²) in [5.41, 5.74) is 11.7. The van der Waals surface area contributed by atoms with Crippen molar-refractivity contribution in [3.05, 3.63) is 182 Å². The largest absolute Gasteiger partial charge is 0.456 e. The minimum Gasteiger partial charge on any atom is -0.456 e. The number of hydrogen-bond donors (Lipinski definition) is 0. The molecule has 0 saturated carbocycles. The molecule has 4 aromatic heterocycles. The summed E-state index contributed by atoms with van der Waals surface area (Å²) in [6.45, 7) is 0. The molecular formula is C51H30N4O2. The standard InChI is InChI=1S/C51H30N4O2/c1-3-13-31(14-4-1)49-52-50(54-51(53-49)39-20-12-24-45-48(39)38-18-8-10-23-43(38)56-45)33-26-28-44-40(29-33)36-27-25-32(30-46(36)57-44)35-19-11-22-42-47(35)37-17-7-9-21-41(37)55(42)34-15-5-2-6-16-34/h1-30H. The summed E-state index contributed by atoms with van der Waals surface area (Å²) in [7, 11) is 0. The van der Waals surface area contributed by atoms with Crippen molar-refractivity contribution < 1.29 is 8.83 Å². The van der Waals surface area contributed by atoms with Crippen molar-refractivity contribution in [3.63, 3.8) is 0 Å². The van der Waals surface area contributed by atoms with Gasteiger partial charge < -0.3 is 13.4 Å². The second-order valence-electron chi connectivity index (χ2n) is 14.4. The first-order valence-corrected chi connectivity index (χ1v) is 19.0. The number of fused-ring (bicyclic) bond motifs is 9. The molecule has 0 aliphatic heterocycles. The van der Waals surface area contributed by atoms with E-state index in [2.05, 4.69) is 114 Å². The number of nitrogens with zero attached hydrogens (tertiary/aromatic N) is 4. The molecule has 12 rings (SSSR count). The van der Waals surface area contributed by atoms with E-state index in [9.17, 15) is 0 Å². The average Bonchev–Trinajstić information content (AvgIpc) is 3.96. The lowest BCUT2D eigenvalue weighted by molar-refractivity contribution is 0.668. The van der Waals surface area contributed by atoms with Gasteiger partial charge in [0.15, 0.2) is 17.5 Å². The molecule has 0 amide bonds. The van der Waals surface area contributed by atoms with Crippen LogP contribution in [0.4, 0.5) is 0 Å². The summed E-state index contributed by atoms with van der Waals surface area (Å²) in [5.74, 6) is 1.77. The van der Waals surface area contributed by atoms with E-state index in [-0.39, 0.29) is 0 Å². The van der Waals surface area contributed by atoms with Crippen molar-refractivity contribution in [2.45, 2.75) is 0 Å². The van der Waals surface area contributed by atoms with Crippen LogP contribution < -0.4 is 0 Å². The highest BCUT2D eigenvalue weighted by molar-refractivity contribution is 6.17. The molecule has 0 radical (unpaired) electrons. The van der Waals surface area contributed by atoms with Crippen LogP contribution in [0.2, 0.25) is 0 Å². The van der Waals surface area contributed by atoms with Gasteiger partial charge in [0.2, 0.25) is 0 Å². The second kappa shape index (κ2) is 12.3. The van der Waals surface area contributed by atoms with Gasteiger partial charge in [-0.15, -0.1) is 0 Å². The predicted molar refractivity (Wildman–Crippen MR) is 230 cm³/mol. The van der Waals surface area contributed by atoms with Gasteiger partial charge >= 0.3 is 0 Å². The Hall–Kier alpha value is -7.83. The van der Waals surface area contributed by atoms with Gasteiger partial charge in [0.25, 0.3) is 0 Å². The minimum atomic E-state index is 0.581. The van der Waals surface area contributed by atoms with Crippen LogP contribution in [-0.4, -0.2) is 19.5 Å². The Balaban J connectivity index is 1.01. The van der Waals surface area contributed by atoms with E-state index < -0.39 is 0 Å². The zero-order chi connectivity index (χ0) is 37.5. The van der Waals surface area contributed by atoms with Crippen LogP contribution in [0.5, 0.6) is 0 Å². The molecule has 6 heteroatoms.